The van der Waals surface area contributed by atoms with Crippen LogP contribution in [0.1, 0.15) is 17.5 Å². The van der Waals surface area contributed by atoms with Gasteiger partial charge in [-0.05, 0) is 32.4 Å². The molecule has 22 heavy (non-hydrogen) atoms. The number of aromatic nitrogens is 5. The molecule has 0 saturated heterocycles. The second-order valence-corrected chi connectivity index (χ2v) is 6.75. The number of hydrogen-bond acceptors (Lipinski definition) is 6. The molecule has 0 aliphatic carbocycles. The summed E-state index contributed by atoms with van der Waals surface area (Å²) in [6.45, 7) is 5.02. The number of hydrogen-bond donors (Lipinski definition) is 0. The van der Waals surface area contributed by atoms with E-state index in [1.54, 1.807) is 29.3 Å². The third-order valence-corrected chi connectivity index (χ3v) is 5.32. The third-order valence-electron chi connectivity index (χ3n) is 3.36. The van der Waals surface area contributed by atoms with Gasteiger partial charge < -0.3 is 4.57 Å². The molecule has 0 saturated carbocycles. The molecule has 0 atom stereocenters. The topological polar surface area (TPSA) is 56.5 Å². The van der Waals surface area contributed by atoms with Crippen LogP contribution in [0.15, 0.2) is 35.2 Å². The van der Waals surface area contributed by atoms with Crippen LogP contribution in [0.3, 0.4) is 0 Å². The van der Waals surface area contributed by atoms with Gasteiger partial charge in [-0.15, -0.1) is 21.5 Å². The average Bonchev–Trinajstić information content (AvgIpc) is 3.14. The Balaban J connectivity index is 1.72. The fraction of sp³-hybridized carbons (Fsp3) is 0.333. The molecule has 0 unspecified atom stereocenters. The van der Waals surface area contributed by atoms with E-state index in [2.05, 4.69) is 38.6 Å². The van der Waals surface area contributed by atoms with Gasteiger partial charge in [-0.2, -0.15) is 0 Å². The zero-order chi connectivity index (χ0) is 15.4. The summed E-state index contributed by atoms with van der Waals surface area (Å²) in [5.41, 5.74) is 4.05. The molecule has 0 bridgehead atoms. The summed E-state index contributed by atoms with van der Waals surface area (Å²) in [4.78, 5) is 9.80. The first-order valence-electron chi connectivity index (χ1n) is 7.15. The first-order chi connectivity index (χ1) is 10.8. The predicted octanol–water partition coefficient (Wildman–Crippen LogP) is 3.46. The molecule has 0 amide bonds. The number of thioether (sulfide) groups is 1. The summed E-state index contributed by atoms with van der Waals surface area (Å²) in [5.74, 6) is 1.86. The lowest BCUT2D eigenvalue weighted by molar-refractivity contribution is 0.687. The van der Waals surface area contributed by atoms with Crippen LogP contribution in [0.4, 0.5) is 0 Å². The van der Waals surface area contributed by atoms with E-state index in [0.717, 1.165) is 41.0 Å². The fourth-order valence-electron chi connectivity index (χ4n) is 2.19. The molecule has 3 aromatic rings. The lowest BCUT2D eigenvalue weighted by Gasteiger charge is -2.06. The quantitative estimate of drug-likeness (QED) is 0.647. The number of thiazole rings is 1. The maximum Gasteiger partial charge on any atom is 0.191 e. The Morgan fingerprint density at radius 3 is 2.91 bits per heavy atom. The van der Waals surface area contributed by atoms with Crippen LogP contribution in [0.2, 0.25) is 0 Å². The van der Waals surface area contributed by atoms with Crippen LogP contribution in [0, 0.1) is 6.92 Å². The van der Waals surface area contributed by atoms with Gasteiger partial charge in [0.2, 0.25) is 0 Å². The molecular formula is C15H17N5S2. The first-order valence-corrected chi connectivity index (χ1v) is 9.01. The van der Waals surface area contributed by atoms with Crippen molar-refractivity contribution < 1.29 is 0 Å². The molecule has 3 aromatic heterocycles. The number of nitrogens with zero attached hydrogens (tertiary/aromatic N) is 5. The molecule has 0 fully saturated rings. The Morgan fingerprint density at radius 1 is 1.32 bits per heavy atom. The van der Waals surface area contributed by atoms with Crippen molar-refractivity contribution in [1.82, 2.24) is 24.7 Å². The molecule has 3 rings (SSSR count). The van der Waals surface area contributed by atoms with Crippen molar-refractivity contribution in [2.45, 2.75) is 32.0 Å². The predicted molar refractivity (Wildman–Crippen MR) is 90.2 cm³/mol. The minimum absolute atomic E-state index is 0.846. The lowest BCUT2D eigenvalue weighted by atomic mass is 10.3. The van der Waals surface area contributed by atoms with E-state index in [4.69, 9.17) is 0 Å². The SMILES string of the molecule is CCn1c(SCCc2scnc2C)nnc1-c1cccnc1. The van der Waals surface area contributed by atoms with E-state index in [9.17, 15) is 0 Å². The summed E-state index contributed by atoms with van der Waals surface area (Å²) in [7, 11) is 0. The highest BCUT2D eigenvalue weighted by Crippen LogP contribution is 2.24. The molecule has 0 spiro atoms. The smallest absolute Gasteiger partial charge is 0.191 e. The van der Waals surface area contributed by atoms with Crippen LogP contribution in [0.5, 0.6) is 0 Å². The molecule has 0 radical (unpaired) electrons. The van der Waals surface area contributed by atoms with E-state index >= 15 is 0 Å². The van der Waals surface area contributed by atoms with Crippen molar-refractivity contribution in [3.05, 3.63) is 40.6 Å². The van der Waals surface area contributed by atoms with Gasteiger partial charge >= 0.3 is 0 Å². The second-order valence-electron chi connectivity index (χ2n) is 4.75. The largest absolute Gasteiger partial charge is 0.302 e. The van der Waals surface area contributed by atoms with Crippen molar-refractivity contribution in [2.75, 3.05) is 5.75 Å². The molecular weight excluding hydrogens is 314 g/mol. The van der Waals surface area contributed by atoms with Gasteiger partial charge in [-0.3, -0.25) is 4.98 Å². The van der Waals surface area contributed by atoms with Gasteiger partial charge in [-0.25, -0.2) is 4.98 Å². The summed E-state index contributed by atoms with van der Waals surface area (Å²) in [6.07, 6.45) is 4.61. The fourth-order valence-corrected chi connectivity index (χ4v) is 4.06. The minimum Gasteiger partial charge on any atom is -0.302 e. The average molecular weight is 331 g/mol. The Morgan fingerprint density at radius 2 is 2.23 bits per heavy atom. The molecule has 0 aliphatic rings. The van der Waals surface area contributed by atoms with E-state index < -0.39 is 0 Å². The summed E-state index contributed by atoms with van der Waals surface area (Å²) in [6, 6.07) is 3.93. The number of rotatable bonds is 6. The summed E-state index contributed by atoms with van der Waals surface area (Å²) >= 11 is 3.46. The van der Waals surface area contributed by atoms with Crippen molar-refractivity contribution in [1.29, 1.82) is 0 Å². The van der Waals surface area contributed by atoms with Gasteiger partial charge in [0.15, 0.2) is 11.0 Å². The monoisotopic (exact) mass is 331 g/mol. The van der Waals surface area contributed by atoms with Gasteiger partial charge in [0.05, 0.1) is 11.2 Å². The highest BCUT2D eigenvalue weighted by atomic mass is 32.2. The van der Waals surface area contributed by atoms with Crippen LogP contribution in [-0.4, -0.2) is 30.5 Å². The van der Waals surface area contributed by atoms with Crippen LogP contribution in [-0.2, 0) is 13.0 Å². The lowest BCUT2D eigenvalue weighted by Crippen LogP contribution is -2.00. The Kier molecular flexibility index (Phi) is 4.84. The summed E-state index contributed by atoms with van der Waals surface area (Å²) in [5, 5.41) is 9.63. The normalized spacial score (nSPS) is 11.0. The van der Waals surface area contributed by atoms with Crippen molar-refractivity contribution in [3.8, 4) is 11.4 Å². The van der Waals surface area contributed by atoms with Crippen LogP contribution < -0.4 is 0 Å². The highest BCUT2D eigenvalue weighted by molar-refractivity contribution is 7.99. The molecule has 0 aliphatic heterocycles. The van der Waals surface area contributed by atoms with Crippen molar-refractivity contribution in [3.63, 3.8) is 0 Å². The standard InChI is InChI=1S/C15H17N5S2/c1-3-20-14(12-5-4-7-16-9-12)18-19-15(20)21-8-6-13-11(2)17-10-22-13/h4-5,7,9-10H,3,6,8H2,1-2H3. The molecule has 0 N–H and O–H groups in total. The van der Waals surface area contributed by atoms with Gasteiger partial charge in [0.1, 0.15) is 0 Å². The molecule has 7 heteroatoms. The van der Waals surface area contributed by atoms with E-state index in [0.29, 0.717) is 0 Å². The third kappa shape index (κ3) is 3.20. The number of aryl methyl sites for hydroxylation is 2. The van der Waals surface area contributed by atoms with E-state index in [1.165, 1.54) is 4.88 Å². The Hall–Kier alpha value is -1.73. The van der Waals surface area contributed by atoms with Crippen molar-refractivity contribution in [2.24, 2.45) is 0 Å². The van der Waals surface area contributed by atoms with Gasteiger partial charge in [0.25, 0.3) is 0 Å². The second kappa shape index (κ2) is 7.02. The van der Waals surface area contributed by atoms with E-state index in [1.807, 2.05) is 23.8 Å². The van der Waals surface area contributed by atoms with Gasteiger partial charge in [-0.1, -0.05) is 11.8 Å². The maximum absolute atomic E-state index is 4.34. The maximum atomic E-state index is 4.34. The van der Waals surface area contributed by atoms with Crippen molar-refractivity contribution >= 4 is 23.1 Å². The first kappa shape index (κ1) is 15.2. The zero-order valence-electron chi connectivity index (χ0n) is 12.6. The van der Waals surface area contributed by atoms with Gasteiger partial charge in [0, 0.05) is 35.1 Å². The molecule has 5 nitrogen and oxygen atoms in total. The summed E-state index contributed by atoms with van der Waals surface area (Å²) < 4.78 is 2.14. The molecule has 3 heterocycles. The van der Waals surface area contributed by atoms with Crippen LogP contribution in [0.25, 0.3) is 11.4 Å². The van der Waals surface area contributed by atoms with E-state index in [-0.39, 0.29) is 0 Å². The Bertz CT molecular complexity index is 735. The minimum atomic E-state index is 0.846. The molecule has 0 aromatic carbocycles. The number of pyridine rings is 1. The Labute approximate surface area is 137 Å². The highest BCUT2D eigenvalue weighted by Gasteiger charge is 2.13. The van der Waals surface area contributed by atoms with Crippen LogP contribution >= 0.6 is 23.1 Å². The zero-order valence-corrected chi connectivity index (χ0v) is 14.2. The molecule has 114 valence electrons.